The summed E-state index contributed by atoms with van der Waals surface area (Å²) >= 11 is 6.10. The van der Waals surface area contributed by atoms with E-state index in [2.05, 4.69) is 5.32 Å². The molecule has 0 radical (unpaired) electrons. The van der Waals surface area contributed by atoms with Crippen molar-refractivity contribution in [2.75, 3.05) is 13.1 Å². The molecule has 6 heteroatoms. The van der Waals surface area contributed by atoms with E-state index in [1.807, 2.05) is 25.1 Å². The maximum absolute atomic E-state index is 12.1. The van der Waals surface area contributed by atoms with Crippen molar-refractivity contribution in [1.82, 2.24) is 10.2 Å². The van der Waals surface area contributed by atoms with E-state index in [-0.39, 0.29) is 18.5 Å². The number of rotatable bonds is 5. The van der Waals surface area contributed by atoms with Gasteiger partial charge in [-0.2, -0.15) is 0 Å². The topological polar surface area (TPSA) is 69.6 Å². The van der Waals surface area contributed by atoms with E-state index in [0.717, 1.165) is 12.0 Å². The molecule has 114 valence electrons. The van der Waals surface area contributed by atoms with Crippen molar-refractivity contribution in [2.24, 2.45) is 0 Å². The maximum Gasteiger partial charge on any atom is 0.320 e. The van der Waals surface area contributed by atoms with Crippen molar-refractivity contribution in [2.45, 2.75) is 31.8 Å². The minimum Gasteiger partial charge on any atom is -0.480 e. The van der Waals surface area contributed by atoms with E-state index < -0.39 is 12.0 Å². The van der Waals surface area contributed by atoms with Gasteiger partial charge in [-0.1, -0.05) is 29.8 Å². The smallest absolute Gasteiger partial charge is 0.320 e. The summed E-state index contributed by atoms with van der Waals surface area (Å²) in [6.07, 6.45) is 1.41. The summed E-state index contributed by atoms with van der Waals surface area (Å²) in [7, 11) is 0. The monoisotopic (exact) mass is 310 g/mol. The summed E-state index contributed by atoms with van der Waals surface area (Å²) in [5.41, 5.74) is 0.851. The van der Waals surface area contributed by atoms with E-state index in [1.165, 1.54) is 0 Å². The lowest BCUT2D eigenvalue weighted by Gasteiger charge is -2.22. The molecule has 1 fully saturated rings. The van der Waals surface area contributed by atoms with Gasteiger partial charge < -0.3 is 10.4 Å². The Labute approximate surface area is 128 Å². The number of carbonyl (C=O) groups is 2. The molecular formula is C15H19ClN2O3. The van der Waals surface area contributed by atoms with E-state index in [0.29, 0.717) is 18.0 Å². The first-order chi connectivity index (χ1) is 9.99. The third-order valence-electron chi connectivity index (χ3n) is 3.74. The third-order valence-corrected chi connectivity index (χ3v) is 4.09. The van der Waals surface area contributed by atoms with Gasteiger partial charge in [-0.05, 0) is 37.9 Å². The first-order valence-corrected chi connectivity index (χ1v) is 7.37. The lowest BCUT2D eigenvalue weighted by Crippen LogP contribution is -2.43. The number of benzene rings is 1. The van der Waals surface area contributed by atoms with Crippen LogP contribution in [0.2, 0.25) is 5.02 Å². The number of carbonyl (C=O) groups excluding carboxylic acids is 1. The fourth-order valence-electron chi connectivity index (χ4n) is 2.67. The van der Waals surface area contributed by atoms with Crippen molar-refractivity contribution < 1.29 is 14.7 Å². The van der Waals surface area contributed by atoms with Gasteiger partial charge >= 0.3 is 5.97 Å². The molecule has 1 aromatic rings. The highest BCUT2D eigenvalue weighted by Gasteiger charge is 2.31. The van der Waals surface area contributed by atoms with Crippen molar-refractivity contribution in [1.29, 1.82) is 0 Å². The summed E-state index contributed by atoms with van der Waals surface area (Å²) in [6, 6.07) is 6.58. The Kier molecular flexibility index (Phi) is 5.20. The number of amides is 1. The van der Waals surface area contributed by atoms with Crippen LogP contribution in [0.15, 0.2) is 24.3 Å². The standard InChI is InChI=1S/C15H19ClN2O3/c1-10(11-5-2-3-6-12(11)16)17-14(19)9-18-8-4-7-13(18)15(20)21/h2-3,5-6,10,13H,4,7-9H2,1H3,(H,17,19)(H,20,21)/t10-,13-/m1/s1. The average molecular weight is 311 g/mol. The minimum atomic E-state index is -0.862. The fraction of sp³-hybridized carbons (Fsp3) is 0.467. The van der Waals surface area contributed by atoms with Crippen molar-refractivity contribution in [3.63, 3.8) is 0 Å². The maximum atomic E-state index is 12.1. The van der Waals surface area contributed by atoms with Gasteiger partial charge in [0, 0.05) is 5.02 Å². The van der Waals surface area contributed by atoms with Crippen LogP contribution in [0.5, 0.6) is 0 Å². The number of likely N-dealkylation sites (tertiary alicyclic amines) is 1. The number of halogens is 1. The Bertz CT molecular complexity index is 535. The molecule has 1 amide bonds. The van der Waals surface area contributed by atoms with Gasteiger partial charge in [0.1, 0.15) is 6.04 Å². The molecule has 0 bridgehead atoms. The molecule has 0 spiro atoms. The molecule has 1 aliphatic rings. The number of nitrogens with zero attached hydrogens (tertiary/aromatic N) is 1. The highest BCUT2D eigenvalue weighted by molar-refractivity contribution is 6.31. The Hall–Kier alpha value is -1.59. The van der Waals surface area contributed by atoms with Crippen molar-refractivity contribution >= 4 is 23.5 Å². The van der Waals surface area contributed by atoms with Crippen LogP contribution in [0.3, 0.4) is 0 Å². The van der Waals surface area contributed by atoms with Crippen molar-refractivity contribution in [3.05, 3.63) is 34.9 Å². The van der Waals surface area contributed by atoms with Gasteiger partial charge in [-0.25, -0.2) is 0 Å². The zero-order valence-corrected chi connectivity index (χ0v) is 12.6. The van der Waals surface area contributed by atoms with Crippen LogP contribution < -0.4 is 5.32 Å². The highest BCUT2D eigenvalue weighted by atomic mass is 35.5. The second kappa shape index (κ2) is 6.91. The quantitative estimate of drug-likeness (QED) is 0.873. The Morgan fingerprint density at radius 3 is 2.86 bits per heavy atom. The van der Waals surface area contributed by atoms with Crippen LogP contribution in [0.25, 0.3) is 0 Å². The first-order valence-electron chi connectivity index (χ1n) is 6.99. The van der Waals surface area contributed by atoms with E-state index in [9.17, 15) is 9.59 Å². The normalized spacial score (nSPS) is 20.2. The number of nitrogens with one attached hydrogen (secondary N) is 1. The molecule has 0 aromatic heterocycles. The first kappa shape index (κ1) is 15.8. The molecule has 0 saturated carbocycles. The molecule has 0 aliphatic carbocycles. The SMILES string of the molecule is C[C@@H](NC(=O)CN1CCC[C@@H]1C(=O)O)c1ccccc1Cl. The van der Waals surface area contributed by atoms with Crippen molar-refractivity contribution in [3.8, 4) is 0 Å². The van der Waals surface area contributed by atoms with Gasteiger partial charge in [-0.3, -0.25) is 14.5 Å². The molecule has 2 atom stereocenters. The number of carboxylic acids is 1. The van der Waals surface area contributed by atoms with Crippen LogP contribution in [0.1, 0.15) is 31.4 Å². The Morgan fingerprint density at radius 1 is 1.48 bits per heavy atom. The molecule has 2 rings (SSSR count). The third kappa shape index (κ3) is 3.95. The molecule has 2 N–H and O–H groups in total. The lowest BCUT2D eigenvalue weighted by molar-refractivity contribution is -0.142. The molecule has 0 unspecified atom stereocenters. The van der Waals surface area contributed by atoms with Crippen LogP contribution in [-0.2, 0) is 9.59 Å². The van der Waals surface area contributed by atoms with E-state index in [4.69, 9.17) is 16.7 Å². The zero-order chi connectivity index (χ0) is 15.4. The lowest BCUT2D eigenvalue weighted by atomic mass is 10.1. The predicted octanol–water partition coefficient (Wildman–Crippen LogP) is 2.07. The Balaban J connectivity index is 1.93. The molecule has 1 heterocycles. The highest BCUT2D eigenvalue weighted by Crippen LogP contribution is 2.22. The number of carboxylic acid groups (broad SMARTS) is 1. The molecule has 1 aliphatic heterocycles. The molecule has 21 heavy (non-hydrogen) atoms. The Morgan fingerprint density at radius 2 is 2.19 bits per heavy atom. The number of hydrogen-bond acceptors (Lipinski definition) is 3. The summed E-state index contributed by atoms with van der Waals surface area (Å²) in [6.45, 7) is 2.61. The molecule has 5 nitrogen and oxygen atoms in total. The second-order valence-electron chi connectivity index (χ2n) is 5.28. The van der Waals surface area contributed by atoms with Gasteiger partial charge in [0.2, 0.25) is 5.91 Å². The van der Waals surface area contributed by atoms with Gasteiger partial charge in [0.05, 0.1) is 12.6 Å². The number of aliphatic carboxylic acids is 1. The average Bonchev–Trinajstić information content (AvgIpc) is 2.87. The van der Waals surface area contributed by atoms with Gasteiger partial charge in [-0.15, -0.1) is 0 Å². The minimum absolute atomic E-state index is 0.103. The second-order valence-corrected chi connectivity index (χ2v) is 5.68. The molecule has 1 saturated heterocycles. The van der Waals surface area contributed by atoms with E-state index >= 15 is 0 Å². The van der Waals surface area contributed by atoms with Crippen LogP contribution in [-0.4, -0.2) is 41.0 Å². The molecule has 1 aromatic carbocycles. The number of hydrogen-bond donors (Lipinski definition) is 2. The van der Waals surface area contributed by atoms with E-state index in [1.54, 1.807) is 11.0 Å². The summed E-state index contributed by atoms with van der Waals surface area (Å²) in [4.78, 5) is 24.9. The largest absolute Gasteiger partial charge is 0.480 e. The van der Waals surface area contributed by atoms with Gasteiger partial charge in [0.25, 0.3) is 0 Å². The zero-order valence-electron chi connectivity index (χ0n) is 11.9. The van der Waals surface area contributed by atoms with Crippen LogP contribution >= 0.6 is 11.6 Å². The van der Waals surface area contributed by atoms with Crippen LogP contribution in [0.4, 0.5) is 0 Å². The fourth-order valence-corrected chi connectivity index (χ4v) is 2.97. The summed E-state index contributed by atoms with van der Waals surface area (Å²) in [5, 5.41) is 12.6. The van der Waals surface area contributed by atoms with Gasteiger partial charge in [0.15, 0.2) is 0 Å². The summed E-state index contributed by atoms with van der Waals surface area (Å²) < 4.78 is 0. The molecular weight excluding hydrogens is 292 g/mol. The van der Waals surface area contributed by atoms with Crippen LogP contribution in [0, 0.1) is 0 Å². The summed E-state index contributed by atoms with van der Waals surface area (Å²) in [5.74, 6) is -1.05. The predicted molar refractivity (Wildman–Crippen MR) is 80.2 cm³/mol.